The van der Waals surface area contributed by atoms with Crippen molar-refractivity contribution in [1.82, 2.24) is 10.6 Å². The van der Waals surface area contributed by atoms with Gasteiger partial charge in [0.25, 0.3) is 0 Å². The molecule has 1 aromatic carbocycles. The summed E-state index contributed by atoms with van der Waals surface area (Å²) in [5.41, 5.74) is 3.52. The molecule has 2 heteroatoms. The number of rotatable bonds is 4. The lowest BCUT2D eigenvalue weighted by atomic mass is 9.64. The van der Waals surface area contributed by atoms with Gasteiger partial charge in [-0.1, -0.05) is 30.7 Å². The molecule has 0 aromatic heterocycles. The SMILES string of the molecule is CNCC1(c2ccc(C3CCNCC3)cc2)CCC1. The van der Waals surface area contributed by atoms with E-state index in [0.29, 0.717) is 5.41 Å². The summed E-state index contributed by atoms with van der Waals surface area (Å²) in [6.07, 6.45) is 6.67. The smallest absolute Gasteiger partial charge is 0.00776 e. The van der Waals surface area contributed by atoms with Gasteiger partial charge >= 0.3 is 0 Å². The summed E-state index contributed by atoms with van der Waals surface area (Å²) in [6, 6.07) is 9.57. The van der Waals surface area contributed by atoms with Crippen LogP contribution < -0.4 is 10.6 Å². The van der Waals surface area contributed by atoms with E-state index in [1.807, 2.05) is 0 Å². The number of hydrogen-bond acceptors (Lipinski definition) is 2. The lowest BCUT2D eigenvalue weighted by Crippen LogP contribution is -2.42. The Morgan fingerprint density at radius 2 is 1.84 bits per heavy atom. The highest BCUT2D eigenvalue weighted by atomic mass is 14.9. The molecule has 1 aliphatic heterocycles. The molecule has 19 heavy (non-hydrogen) atoms. The molecule has 0 radical (unpaired) electrons. The van der Waals surface area contributed by atoms with Crippen LogP contribution in [0.1, 0.15) is 49.1 Å². The fraction of sp³-hybridized carbons (Fsp3) is 0.647. The first-order chi connectivity index (χ1) is 9.34. The summed E-state index contributed by atoms with van der Waals surface area (Å²) in [5, 5.41) is 6.83. The number of nitrogens with one attached hydrogen (secondary N) is 2. The van der Waals surface area contributed by atoms with Crippen molar-refractivity contribution < 1.29 is 0 Å². The van der Waals surface area contributed by atoms with E-state index in [9.17, 15) is 0 Å². The number of piperidine rings is 1. The van der Waals surface area contributed by atoms with Crippen molar-refractivity contribution in [1.29, 1.82) is 0 Å². The van der Waals surface area contributed by atoms with Gasteiger partial charge in [-0.05, 0) is 62.9 Å². The van der Waals surface area contributed by atoms with Crippen molar-refractivity contribution in [2.75, 3.05) is 26.7 Å². The van der Waals surface area contributed by atoms with Gasteiger partial charge in [0.2, 0.25) is 0 Å². The van der Waals surface area contributed by atoms with E-state index >= 15 is 0 Å². The predicted molar refractivity (Wildman–Crippen MR) is 80.7 cm³/mol. The summed E-state index contributed by atoms with van der Waals surface area (Å²) in [6.45, 7) is 3.48. The van der Waals surface area contributed by atoms with E-state index in [-0.39, 0.29) is 0 Å². The van der Waals surface area contributed by atoms with Crippen LogP contribution in [0, 0.1) is 0 Å². The molecule has 2 fully saturated rings. The molecular formula is C17H26N2. The zero-order chi connectivity index (χ0) is 13.1. The molecule has 1 aliphatic carbocycles. The molecule has 2 N–H and O–H groups in total. The van der Waals surface area contributed by atoms with Crippen LogP contribution in [0.4, 0.5) is 0 Å². The summed E-state index contributed by atoms with van der Waals surface area (Å²) >= 11 is 0. The second-order valence-electron chi connectivity index (χ2n) is 6.31. The summed E-state index contributed by atoms with van der Waals surface area (Å²) in [4.78, 5) is 0. The van der Waals surface area contributed by atoms with Crippen LogP contribution in [0.3, 0.4) is 0 Å². The van der Waals surface area contributed by atoms with Crippen LogP contribution in [-0.2, 0) is 5.41 Å². The van der Waals surface area contributed by atoms with Crippen molar-refractivity contribution in [3.8, 4) is 0 Å². The van der Waals surface area contributed by atoms with E-state index in [4.69, 9.17) is 0 Å². The lowest BCUT2D eigenvalue weighted by Gasteiger charge is -2.42. The molecule has 0 amide bonds. The summed E-state index contributed by atoms with van der Waals surface area (Å²) < 4.78 is 0. The first-order valence-corrected chi connectivity index (χ1v) is 7.80. The minimum atomic E-state index is 0.432. The summed E-state index contributed by atoms with van der Waals surface area (Å²) in [7, 11) is 2.07. The van der Waals surface area contributed by atoms with Crippen molar-refractivity contribution >= 4 is 0 Å². The molecular weight excluding hydrogens is 232 g/mol. The van der Waals surface area contributed by atoms with Crippen LogP contribution >= 0.6 is 0 Å². The van der Waals surface area contributed by atoms with Crippen molar-refractivity contribution in [3.63, 3.8) is 0 Å². The fourth-order valence-corrected chi connectivity index (χ4v) is 3.77. The third kappa shape index (κ3) is 2.56. The Morgan fingerprint density at radius 1 is 1.16 bits per heavy atom. The molecule has 0 bridgehead atoms. The number of hydrogen-bond donors (Lipinski definition) is 2. The topological polar surface area (TPSA) is 24.1 Å². The van der Waals surface area contributed by atoms with Crippen LogP contribution in [0.15, 0.2) is 24.3 Å². The molecule has 0 unspecified atom stereocenters. The van der Waals surface area contributed by atoms with Crippen molar-refractivity contribution in [2.24, 2.45) is 0 Å². The molecule has 104 valence electrons. The molecule has 1 aromatic rings. The highest BCUT2D eigenvalue weighted by Gasteiger charge is 2.37. The Hall–Kier alpha value is -0.860. The van der Waals surface area contributed by atoms with Gasteiger partial charge in [0.05, 0.1) is 0 Å². The van der Waals surface area contributed by atoms with Crippen molar-refractivity contribution in [3.05, 3.63) is 35.4 Å². The van der Waals surface area contributed by atoms with E-state index in [0.717, 1.165) is 12.5 Å². The van der Waals surface area contributed by atoms with E-state index in [2.05, 4.69) is 41.9 Å². The van der Waals surface area contributed by atoms with Gasteiger partial charge in [0.15, 0.2) is 0 Å². The Labute approximate surface area is 117 Å². The molecule has 1 saturated carbocycles. The van der Waals surface area contributed by atoms with Gasteiger partial charge in [-0.15, -0.1) is 0 Å². The van der Waals surface area contributed by atoms with Crippen LogP contribution in [0.5, 0.6) is 0 Å². The maximum absolute atomic E-state index is 3.45. The third-order valence-electron chi connectivity index (χ3n) is 5.16. The Bertz CT molecular complexity index is 400. The average molecular weight is 258 g/mol. The van der Waals surface area contributed by atoms with Gasteiger partial charge in [-0.3, -0.25) is 0 Å². The molecule has 3 rings (SSSR count). The third-order valence-corrected chi connectivity index (χ3v) is 5.16. The van der Waals surface area contributed by atoms with Gasteiger partial charge in [0.1, 0.15) is 0 Å². The maximum atomic E-state index is 3.45. The van der Waals surface area contributed by atoms with Gasteiger partial charge in [-0.25, -0.2) is 0 Å². The van der Waals surface area contributed by atoms with Crippen LogP contribution in [0.2, 0.25) is 0 Å². The van der Waals surface area contributed by atoms with Crippen LogP contribution in [0.25, 0.3) is 0 Å². The average Bonchev–Trinajstić information content (AvgIpc) is 2.44. The van der Waals surface area contributed by atoms with E-state index in [1.165, 1.54) is 45.2 Å². The van der Waals surface area contributed by atoms with Gasteiger partial charge in [0, 0.05) is 12.0 Å². The highest BCUT2D eigenvalue weighted by molar-refractivity contribution is 5.33. The molecule has 2 aliphatic rings. The molecule has 0 spiro atoms. The Kier molecular flexibility index (Phi) is 3.90. The number of likely N-dealkylation sites (N-methyl/N-ethyl adjacent to an activating group) is 1. The number of benzene rings is 1. The second-order valence-corrected chi connectivity index (χ2v) is 6.31. The van der Waals surface area contributed by atoms with Crippen LogP contribution in [-0.4, -0.2) is 26.7 Å². The van der Waals surface area contributed by atoms with E-state index in [1.54, 1.807) is 11.1 Å². The van der Waals surface area contributed by atoms with Crippen molar-refractivity contribution in [2.45, 2.75) is 43.4 Å². The summed E-state index contributed by atoms with van der Waals surface area (Å²) in [5.74, 6) is 0.775. The maximum Gasteiger partial charge on any atom is 0.00776 e. The standard InChI is InChI=1S/C17H26N2/c1-18-13-17(9-2-10-17)16-5-3-14(4-6-16)15-7-11-19-12-8-15/h3-6,15,18-19H,2,7-13H2,1H3. The quantitative estimate of drug-likeness (QED) is 0.868. The minimum Gasteiger partial charge on any atom is -0.319 e. The first-order valence-electron chi connectivity index (χ1n) is 7.80. The first kappa shape index (κ1) is 13.1. The highest BCUT2D eigenvalue weighted by Crippen LogP contribution is 2.43. The fourth-order valence-electron chi connectivity index (χ4n) is 3.77. The zero-order valence-electron chi connectivity index (χ0n) is 12.0. The van der Waals surface area contributed by atoms with Gasteiger partial charge < -0.3 is 10.6 Å². The normalized spacial score (nSPS) is 23.0. The predicted octanol–water partition coefficient (Wildman–Crippen LogP) is 2.79. The monoisotopic (exact) mass is 258 g/mol. The second kappa shape index (κ2) is 5.64. The minimum absolute atomic E-state index is 0.432. The Morgan fingerprint density at radius 3 is 2.37 bits per heavy atom. The Balaban J connectivity index is 1.74. The molecule has 1 saturated heterocycles. The zero-order valence-corrected chi connectivity index (χ0v) is 12.0. The van der Waals surface area contributed by atoms with Gasteiger partial charge in [-0.2, -0.15) is 0 Å². The molecule has 2 nitrogen and oxygen atoms in total. The molecule has 0 atom stereocenters. The van der Waals surface area contributed by atoms with E-state index < -0.39 is 0 Å². The molecule has 1 heterocycles. The lowest BCUT2D eigenvalue weighted by molar-refractivity contribution is 0.239. The largest absolute Gasteiger partial charge is 0.319 e.